The van der Waals surface area contributed by atoms with Crippen LogP contribution in [-0.2, 0) is 6.54 Å². The van der Waals surface area contributed by atoms with Crippen LogP contribution in [0, 0.1) is 0 Å². The highest BCUT2D eigenvalue weighted by Gasteiger charge is 2.27. The van der Waals surface area contributed by atoms with Crippen LogP contribution in [0.25, 0.3) is 0 Å². The number of nitrogens with one attached hydrogen (secondary N) is 1. The molecule has 1 aromatic rings. The lowest BCUT2D eigenvalue weighted by molar-refractivity contribution is 0.0226. The van der Waals surface area contributed by atoms with Gasteiger partial charge < -0.3 is 10.4 Å². The SMILES string of the molecule is CC(Cn1cc(Br)cn1)NCC1(O)CCCCCC1. The van der Waals surface area contributed by atoms with Crippen molar-refractivity contribution >= 4 is 15.9 Å². The molecule has 2 rings (SSSR count). The summed E-state index contributed by atoms with van der Waals surface area (Å²) in [5.74, 6) is 0. The van der Waals surface area contributed by atoms with Gasteiger partial charge in [-0.1, -0.05) is 25.7 Å². The highest BCUT2D eigenvalue weighted by Crippen LogP contribution is 2.26. The average molecular weight is 330 g/mol. The van der Waals surface area contributed by atoms with Crippen molar-refractivity contribution in [1.29, 1.82) is 0 Å². The fourth-order valence-electron chi connectivity index (χ4n) is 2.71. The predicted octanol–water partition coefficient (Wildman–Crippen LogP) is 2.71. The van der Waals surface area contributed by atoms with Crippen LogP contribution in [0.3, 0.4) is 0 Å². The maximum absolute atomic E-state index is 10.6. The molecule has 0 aromatic carbocycles. The van der Waals surface area contributed by atoms with Crippen molar-refractivity contribution in [2.45, 2.75) is 63.6 Å². The van der Waals surface area contributed by atoms with E-state index in [1.54, 1.807) is 6.20 Å². The first kappa shape index (κ1) is 15.0. The molecule has 1 aliphatic rings. The second-order valence-corrected chi connectivity index (χ2v) is 6.72. The molecule has 0 amide bonds. The second-order valence-electron chi connectivity index (χ2n) is 5.80. The van der Waals surface area contributed by atoms with Gasteiger partial charge in [0.1, 0.15) is 0 Å². The Bertz CT molecular complexity index is 386. The third kappa shape index (κ3) is 4.89. The summed E-state index contributed by atoms with van der Waals surface area (Å²) in [4.78, 5) is 0. The van der Waals surface area contributed by atoms with Gasteiger partial charge in [-0.3, -0.25) is 4.68 Å². The van der Waals surface area contributed by atoms with E-state index in [9.17, 15) is 5.11 Å². The molecule has 0 aliphatic heterocycles. The zero-order valence-electron chi connectivity index (χ0n) is 11.6. The Kier molecular flexibility index (Phi) is 5.42. The highest BCUT2D eigenvalue weighted by molar-refractivity contribution is 9.10. The summed E-state index contributed by atoms with van der Waals surface area (Å²) in [5.41, 5.74) is -0.505. The van der Waals surface area contributed by atoms with Crippen molar-refractivity contribution in [1.82, 2.24) is 15.1 Å². The molecule has 2 N–H and O–H groups in total. The summed E-state index contributed by atoms with van der Waals surface area (Å²) in [6, 6.07) is 0.305. The van der Waals surface area contributed by atoms with E-state index in [1.165, 1.54) is 12.8 Å². The lowest BCUT2D eigenvalue weighted by Gasteiger charge is -2.28. The molecule has 5 heteroatoms. The highest BCUT2D eigenvalue weighted by atomic mass is 79.9. The van der Waals surface area contributed by atoms with Gasteiger partial charge in [0.2, 0.25) is 0 Å². The summed E-state index contributed by atoms with van der Waals surface area (Å²) in [6.07, 6.45) is 10.5. The molecular formula is C14H24BrN3O. The molecule has 1 aliphatic carbocycles. The molecule has 1 fully saturated rings. The summed E-state index contributed by atoms with van der Waals surface area (Å²) >= 11 is 3.40. The van der Waals surface area contributed by atoms with Gasteiger partial charge in [-0.25, -0.2) is 0 Å². The molecule has 0 radical (unpaired) electrons. The number of nitrogens with zero attached hydrogens (tertiary/aromatic N) is 2. The smallest absolute Gasteiger partial charge is 0.0771 e. The summed E-state index contributed by atoms with van der Waals surface area (Å²) in [7, 11) is 0. The van der Waals surface area contributed by atoms with E-state index in [-0.39, 0.29) is 0 Å². The molecule has 0 bridgehead atoms. The molecule has 1 aromatic heterocycles. The van der Waals surface area contributed by atoms with Gasteiger partial charge in [0.05, 0.1) is 22.8 Å². The van der Waals surface area contributed by atoms with Gasteiger partial charge in [-0.2, -0.15) is 5.10 Å². The molecule has 1 saturated carbocycles. The minimum Gasteiger partial charge on any atom is -0.389 e. The molecule has 0 spiro atoms. The molecule has 1 heterocycles. The van der Waals surface area contributed by atoms with Gasteiger partial charge >= 0.3 is 0 Å². The van der Waals surface area contributed by atoms with Crippen LogP contribution in [-0.4, -0.2) is 33.1 Å². The average Bonchev–Trinajstić information content (AvgIpc) is 2.64. The first-order chi connectivity index (χ1) is 9.07. The Labute approximate surface area is 123 Å². The van der Waals surface area contributed by atoms with Crippen molar-refractivity contribution in [3.8, 4) is 0 Å². The van der Waals surface area contributed by atoms with Crippen molar-refractivity contribution in [3.63, 3.8) is 0 Å². The maximum Gasteiger partial charge on any atom is 0.0771 e. The van der Waals surface area contributed by atoms with Crippen molar-refractivity contribution in [2.24, 2.45) is 0 Å². The summed E-state index contributed by atoms with van der Waals surface area (Å²) < 4.78 is 2.92. The van der Waals surface area contributed by atoms with E-state index in [1.807, 2.05) is 10.9 Å². The van der Waals surface area contributed by atoms with Gasteiger partial charge in [-0.05, 0) is 35.7 Å². The predicted molar refractivity (Wildman–Crippen MR) is 80.0 cm³/mol. The number of aromatic nitrogens is 2. The van der Waals surface area contributed by atoms with Crippen LogP contribution < -0.4 is 5.32 Å². The van der Waals surface area contributed by atoms with Crippen LogP contribution >= 0.6 is 15.9 Å². The standard InChI is InChI=1S/C14H24BrN3O/c1-12(9-18-10-13(15)8-17-18)16-11-14(19)6-4-2-3-5-7-14/h8,10,12,16,19H,2-7,9,11H2,1H3. The van der Waals surface area contributed by atoms with Crippen molar-refractivity contribution < 1.29 is 5.11 Å². The number of rotatable bonds is 5. The third-order valence-electron chi connectivity index (χ3n) is 3.88. The fraction of sp³-hybridized carbons (Fsp3) is 0.786. The summed E-state index contributed by atoms with van der Waals surface area (Å²) in [5, 5.41) is 18.3. The second kappa shape index (κ2) is 6.86. The van der Waals surface area contributed by atoms with Crippen LogP contribution in [0.15, 0.2) is 16.9 Å². The molecule has 1 atom stereocenters. The Hall–Kier alpha value is -0.390. The minimum absolute atomic E-state index is 0.305. The van der Waals surface area contributed by atoms with Gasteiger partial charge in [0, 0.05) is 18.8 Å². The van der Waals surface area contributed by atoms with E-state index < -0.39 is 5.60 Å². The third-order valence-corrected chi connectivity index (χ3v) is 4.29. The molecule has 4 nitrogen and oxygen atoms in total. The van der Waals surface area contributed by atoms with Crippen LogP contribution in [0.4, 0.5) is 0 Å². The monoisotopic (exact) mass is 329 g/mol. The zero-order chi connectivity index (χ0) is 13.7. The van der Waals surface area contributed by atoms with Crippen LogP contribution in [0.5, 0.6) is 0 Å². The van der Waals surface area contributed by atoms with E-state index in [2.05, 4.69) is 33.3 Å². The zero-order valence-corrected chi connectivity index (χ0v) is 13.2. The Morgan fingerprint density at radius 3 is 2.68 bits per heavy atom. The van der Waals surface area contributed by atoms with Gasteiger partial charge in [0.25, 0.3) is 0 Å². The van der Waals surface area contributed by atoms with E-state index >= 15 is 0 Å². The normalized spacial score (nSPS) is 21.0. The first-order valence-corrected chi connectivity index (χ1v) is 8.00. The lowest BCUT2D eigenvalue weighted by Crippen LogP contribution is -2.44. The van der Waals surface area contributed by atoms with Gasteiger partial charge in [-0.15, -0.1) is 0 Å². The molecule has 19 heavy (non-hydrogen) atoms. The number of hydrogen-bond acceptors (Lipinski definition) is 3. The molecule has 108 valence electrons. The van der Waals surface area contributed by atoms with Crippen molar-refractivity contribution in [3.05, 3.63) is 16.9 Å². The minimum atomic E-state index is -0.505. The molecule has 1 unspecified atom stereocenters. The lowest BCUT2D eigenvalue weighted by atomic mass is 9.94. The number of halogens is 1. The van der Waals surface area contributed by atoms with Gasteiger partial charge in [0.15, 0.2) is 0 Å². The Morgan fingerprint density at radius 1 is 1.42 bits per heavy atom. The number of aliphatic hydroxyl groups is 1. The topological polar surface area (TPSA) is 50.1 Å². The number of hydrogen-bond donors (Lipinski definition) is 2. The Balaban J connectivity index is 1.77. The fourth-order valence-corrected chi connectivity index (χ4v) is 3.04. The molecule has 0 saturated heterocycles. The van der Waals surface area contributed by atoms with Crippen LogP contribution in [0.2, 0.25) is 0 Å². The maximum atomic E-state index is 10.6. The Morgan fingerprint density at radius 2 is 2.11 bits per heavy atom. The van der Waals surface area contributed by atoms with E-state index in [0.717, 1.165) is 36.7 Å². The van der Waals surface area contributed by atoms with Crippen molar-refractivity contribution in [2.75, 3.05) is 6.54 Å². The van der Waals surface area contributed by atoms with E-state index in [0.29, 0.717) is 12.6 Å². The van der Waals surface area contributed by atoms with E-state index in [4.69, 9.17) is 0 Å². The first-order valence-electron chi connectivity index (χ1n) is 7.21. The summed E-state index contributed by atoms with van der Waals surface area (Å²) in [6.45, 7) is 3.65. The molecular weight excluding hydrogens is 306 g/mol. The largest absolute Gasteiger partial charge is 0.389 e. The van der Waals surface area contributed by atoms with Crippen LogP contribution in [0.1, 0.15) is 45.4 Å². The quantitative estimate of drug-likeness (QED) is 0.816.